The van der Waals surface area contributed by atoms with Gasteiger partial charge < -0.3 is 4.74 Å². The zero-order valence-electron chi connectivity index (χ0n) is 9.93. The van der Waals surface area contributed by atoms with Crippen LogP contribution in [0.4, 0.5) is 0 Å². The maximum absolute atomic E-state index is 11.6. The Hall–Kier alpha value is -1.23. The topological polar surface area (TPSA) is 43.4 Å². The number of rotatable bonds is 3. The van der Waals surface area contributed by atoms with Crippen LogP contribution in [0.5, 0.6) is 5.75 Å². The summed E-state index contributed by atoms with van der Waals surface area (Å²) in [5, 5.41) is 0.442. The molecular formula is C13H10Cl2O3S. The molecule has 100 valence electrons. The van der Waals surface area contributed by atoms with Crippen LogP contribution in [0.2, 0.25) is 5.02 Å². The van der Waals surface area contributed by atoms with Crippen molar-refractivity contribution in [3.8, 4) is 16.9 Å². The first-order chi connectivity index (χ1) is 8.93. The average molecular weight is 317 g/mol. The van der Waals surface area contributed by atoms with Crippen LogP contribution in [0.15, 0.2) is 47.4 Å². The van der Waals surface area contributed by atoms with Crippen molar-refractivity contribution in [2.45, 2.75) is 4.90 Å². The molecule has 2 aromatic rings. The first-order valence-corrected chi connectivity index (χ1v) is 8.00. The van der Waals surface area contributed by atoms with Gasteiger partial charge in [-0.1, -0.05) is 29.8 Å². The van der Waals surface area contributed by atoms with Crippen molar-refractivity contribution >= 4 is 31.3 Å². The lowest BCUT2D eigenvalue weighted by atomic mass is 10.1. The van der Waals surface area contributed by atoms with Gasteiger partial charge in [0, 0.05) is 26.8 Å². The molecular weight excluding hydrogens is 307 g/mol. The summed E-state index contributed by atoms with van der Waals surface area (Å²) in [6, 6.07) is 11.5. The molecule has 19 heavy (non-hydrogen) atoms. The lowest BCUT2D eigenvalue weighted by Crippen LogP contribution is -1.96. The van der Waals surface area contributed by atoms with Crippen LogP contribution >= 0.6 is 22.3 Å². The van der Waals surface area contributed by atoms with E-state index in [1.807, 2.05) is 0 Å². The second-order valence-corrected chi connectivity index (χ2v) is 6.72. The zero-order chi connectivity index (χ0) is 14.0. The Kier molecular flexibility index (Phi) is 4.04. The fourth-order valence-electron chi connectivity index (χ4n) is 1.74. The fourth-order valence-corrected chi connectivity index (χ4v) is 3.04. The third-order valence-corrected chi connectivity index (χ3v) is 4.32. The molecule has 0 saturated carbocycles. The summed E-state index contributed by atoms with van der Waals surface area (Å²) in [4.78, 5) is 0.00284. The number of methoxy groups -OCH3 is 1. The van der Waals surface area contributed by atoms with Crippen LogP contribution in [0.1, 0.15) is 0 Å². The van der Waals surface area contributed by atoms with Gasteiger partial charge >= 0.3 is 0 Å². The molecule has 0 heterocycles. The molecule has 0 aliphatic heterocycles. The minimum atomic E-state index is -3.87. The highest BCUT2D eigenvalue weighted by Gasteiger charge is 2.19. The smallest absolute Gasteiger partial charge is 0.261 e. The van der Waals surface area contributed by atoms with Crippen molar-refractivity contribution in [3.63, 3.8) is 0 Å². The minimum Gasteiger partial charge on any atom is -0.497 e. The molecule has 0 fully saturated rings. The highest BCUT2D eigenvalue weighted by molar-refractivity contribution is 8.13. The van der Waals surface area contributed by atoms with Crippen molar-refractivity contribution in [1.82, 2.24) is 0 Å². The molecule has 0 unspecified atom stereocenters. The summed E-state index contributed by atoms with van der Waals surface area (Å²) >= 11 is 6.10. The van der Waals surface area contributed by atoms with Crippen molar-refractivity contribution in [1.29, 1.82) is 0 Å². The number of hydrogen-bond donors (Lipinski definition) is 0. The maximum Gasteiger partial charge on any atom is 0.261 e. The van der Waals surface area contributed by atoms with Crippen LogP contribution < -0.4 is 4.74 Å². The van der Waals surface area contributed by atoms with E-state index < -0.39 is 9.05 Å². The Labute approximate surface area is 121 Å². The molecule has 0 aliphatic carbocycles. The van der Waals surface area contributed by atoms with Gasteiger partial charge in [0.2, 0.25) is 0 Å². The van der Waals surface area contributed by atoms with E-state index in [1.165, 1.54) is 19.2 Å². The number of ether oxygens (including phenoxy) is 1. The summed E-state index contributed by atoms with van der Waals surface area (Å²) in [6.45, 7) is 0. The Morgan fingerprint density at radius 3 is 2.32 bits per heavy atom. The van der Waals surface area contributed by atoms with E-state index in [0.29, 0.717) is 21.9 Å². The van der Waals surface area contributed by atoms with E-state index in [-0.39, 0.29) is 4.90 Å². The van der Waals surface area contributed by atoms with Crippen molar-refractivity contribution < 1.29 is 13.2 Å². The monoisotopic (exact) mass is 316 g/mol. The highest BCUT2D eigenvalue weighted by Crippen LogP contribution is 2.36. The molecule has 6 heteroatoms. The Morgan fingerprint density at radius 1 is 1.05 bits per heavy atom. The van der Waals surface area contributed by atoms with Crippen molar-refractivity contribution in [3.05, 3.63) is 47.5 Å². The second kappa shape index (κ2) is 5.41. The maximum atomic E-state index is 11.6. The molecule has 0 aliphatic rings. The molecule has 2 aromatic carbocycles. The van der Waals surface area contributed by atoms with Crippen LogP contribution in [-0.4, -0.2) is 15.5 Å². The molecule has 0 saturated heterocycles. The highest BCUT2D eigenvalue weighted by atomic mass is 35.7. The minimum absolute atomic E-state index is 0.00284. The molecule has 0 bridgehead atoms. The van der Waals surface area contributed by atoms with Crippen molar-refractivity contribution in [2.75, 3.05) is 7.11 Å². The van der Waals surface area contributed by atoms with Crippen LogP contribution in [0.3, 0.4) is 0 Å². The SMILES string of the molecule is COc1ccc(S(=O)(=O)Cl)c(-c2ccccc2Cl)c1. The third-order valence-electron chi connectivity index (χ3n) is 2.61. The third kappa shape index (κ3) is 3.03. The molecule has 2 rings (SSSR count). The normalized spacial score (nSPS) is 11.3. The Bertz CT molecular complexity index is 712. The second-order valence-electron chi connectivity index (χ2n) is 3.78. The van der Waals surface area contributed by atoms with Gasteiger partial charge in [-0.3, -0.25) is 0 Å². The number of benzene rings is 2. The summed E-state index contributed by atoms with van der Waals surface area (Å²) in [5.74, 6) is 0.527. The summed E-state index contributed by atoms with van der Waals surface area (Å²) in [6.07, 6.45) is 0. The number of hydrogen-bond acceptors (Lipinski definition) is 3. The molecule has 0 aromatic heterocycles. The van der Waals surface area contributed by atoms with E-state index >= 15 is 0 Å². The summed E-state index contributed by atoms with van der Waals surface area (Å²) in [5.41, 5.74) is 1.00. The largest absolute Gasteiger partial charge is 0.497 e. The molecule has 0 atom stereocenters. The van der Waals surface area contributed by atoms with Gasteiger partial charge in [-0.05, 0) is 24.3 Å². The first-order valence-electron chi connectivity index (χ1n) is 5.31. The van der Waals surface area contributed by atoms with Gasteiger partial charge in [-0.25, -0.2) is 8.42 Å². The fraction of sp³-hybridized carbons (Fsp3) is 0.0769. The molecule has 0 spiro atoms. The van der Waals surface area contributed by atoms with Crippen molar-refractivity contribution in [2.24, 2.45) is 0 Å². The van der Waals surface area contributed by atoms with E-state index in [2.05, 4.69) is 0 Å². The Balaban J connectivity index is 2.77. The van der Waals surface area contributed by atoms with Gasteiger partial charge in [-0.15, -0.1) is 0 Å². The molecule has 0 N–H and O–H groups in total. The average Bonchev–Trinajstić information content (AvgIpc) is 2.37. The molecule has 0 amide bonds. The van der Waals surface area contributed by atoms with Gasteiger partial charge in [-0.2, -0.15) is 0 Å². The first kappa shape index (κ1) is 14.2. The van der Waals surface area contributed by atoms with Crippen LogP contribution in [-0.2, 0) is 9.05 Å². The van der Waals surface area contributed by atoms with Crippen LogP contribution in [0, 0.1) is 0 Å². The van der Waals surface area contributed by atoms with E-state index in [9.17, 15) is 8.42 Å². The Morgan fingerprint density at radius 2 is 1.74 bits per heavy atom. The van der Waals surface area contributed by atoms with Crippen LogP contribution in [0.25, 0.3) is 11.1 Å². The lowest BCUT2D eigenvalue weighted by Gasteiger charge is -2.10. The van der Waals surface area contributed by atoms with Gasteiger partial charge in [0.15, 0.2) is 0 Å². The van der Waals surface area contributed by atoms with E-state index in [1.54, 1.807) is 30.3 Å². The summed E-state index contributed by atoms with van der Waals surface area (Å²) in [7, 11) is 3.09. The van der Waals surface area contributed by atoms with Gasteiger partial charge in [0.05, 0.1) is 12.0 Å². The standard InChI is InChI=1S/C13H10Cl2O3S/c1-18-9-6-7-13(19(15,16)17)11(8-9)10-4-2-3-5-12(10)14/h2-8H,1H3. The predicted molar refractivity (Wildman–Crippen MR) is 76.5 cm³/mol. The number of halogens is 2. The quantitative estimate of drug-likeness (QED) is 0.805. The van der Waals surface area contributed by atoms with Gasteiger partial charge in [0.25, 0.3) is 9.05 Å². The predicted octanol–water partition coefficient (Wildman–Crippen LogP) is 3.94. The van der Waals surface area contributed by atoms with E-state index in [4.69, 9.17) is 27.0 Å². The van der Waals surface area contributed by atoms with E-state index in [0.717, 1.165) is 0 Å². The summed E-state index contributed by atoms with van der Waals surface area (Å²) < 4.78 is 28.3. The molecule has 0 radical (unpaired) electrons. The van der Waals surface area contributed by atoms with Gasteiger partial charge in [0.1, 0.15) is 5.75 Å². The molecule has 3 nitrogen and oxygen atoms in total. The lowest BCUT2D eigenvalue weighted by molar-refractivity contribution is 0.414. The zero-order valence-corrected chi connectivity index (χ0v) is 12.3.